The van der Waals surface area contributed by atoms with E-state index in [0.717, 1.165) is 0 Å². The monoisotopic (exact) mass is 513 g/mol. The molecule has 0 saturated carbocycles. The Labute approximate surface area is 217 Å². The zero-order chi connectivity index (χ0) is 26.4. The number of hydrogen-bond donors (Lipinski definition) is 1. The molecule has 2 aromatic carbocycles. The summed E-state index contributed by atoms with van der Waals surface area (Å²) in [5.41, 5.74) is -0.587. The highest BCUT2D eigenvalue weighted by Gasteiger charge is 2.51. The molecule has 1 N–H and O–H groups in total. The molecular weight excluding hydrogens is 470 g/mol. The highest BCUT2D eigenvalue weighted by Crippen LogP contribution is 2.37. The van der Waals surface area contributed by atoms with Crippen LogP contribution in [0.5, 0.6) is 0 Å². The highest BCUT2D eigenvalue weighted by molar-refractivity contribution is 6.99. The van der Waals surface area contributed by atoms with E-state index >= 15 is 0 Å². The Bertz CT molecular complexity index is 916. The summed E-state index contributed by atoms with van der Waals surface area (Å²) in [5.74, 6) is 0. The first-order chi connectivity index (χ1) is 17.0. The van der Waals surface area contributed by atoms with Gasteiger partial charge in [-0.1, -0.05) is 81.4 Å². The summed E-state index contributed by atoms with van der Waals surface area (Å²) in [5, 5.41) is 11.4. The van der Waals surface area contributed by atoms with Crippen molar-refractivity contribution in [3.63, 3.8) is 0 Å². The van der Waals surface area contributed by atoms with E-state index in [9.17, 15) is 4.79 Å². The third kappa shape index (κ3) is 6.76. The molecule has 0 radical (unpaired) electrons. The van der Waals surface area contributed by atoms with Gasteiger partial charge in [0.05, 0.1) is 25.3 Å². The molecule has 1 aliphatic heterocycles. The average molecular weight is 514 g/mol. The fourth-order valence-electron chi connectivity index (χ4n) is 4.99. The number of aliphatic hydroxyl groups excluding tert-OH is 1. The number of ether oxygens (including phenoxy) is 2. The molecule has 1 heterocycles. The van der Waals surface area contributed by atoms with Crippen molar-refractivity contribution < 1.29 is 23.8 Å². The van der Waals surface area contributed by atoms with Gasteiger partial charge in [-0.05, 0) is 49.0 Å². The summed E-state index contributed by atoms with van der Waals surface area (Å²) in [4.78, 5) is 14.9. The van der Waals surface area contributed by atoms with Crippen molar-refractivity contribution in [3.8, 4) is 0 Å². The zero-order valence-electron chi connectivity index (χ0n) is 22.7. The van der Waals surface area contributed by atoms with Gasteiger partial charge in [-0.25, -0.2) is 4.79 Å². The van der Waals surface area contributed by atoms with Crippen LogP contribution in [0, 0.1) is 0 Å². The van der Waals surface area contributed by atoms with Gasteiger partial charge in [0, 0.05) is 13.2 Å². The zero-order valence-corrected chi connectivity index (χ0v) is 23.7. The fraction of sp³-hybridized carbons (Fsp3) is 0.552. The minimum Gasteiger partial charge on any atom is -0.444 e. The second-order valence-corrected chi connectivity index (χ2v) is 15.9. The second-order valence-electron chi connectivity index (χ2n) is 11.6. The van der Waals surface area contributed by atoms with E-state index in [4.69, 9.17) is 19.0 Å². The first kappa shape index (κ1) is 28.4. The number of carbonyl (C=O) groups excluding carboxylic acids is 1. The molecule has 1 saturated heterocycles. The summed E-state index contributed by atoms with van der Waals surface area (Å²) in [6, 6.07) is 20.9. The normalized spacial score (nSPS) is 18.9. The SMILES string of the molecule is CC(C)(C)OC(=O)N1C[C@@H](OCCCO)C[C@H]1CO[Si](c1ccccc1)(c1ccccc1)C(C)(C)C. The average Bonchev–Trinajstić information content (AvgIpc) is 3.22. The van der Waals surface area contributed by atoms with Crippen molar-refractivity contribution in [1.82, 2.24) is 4.90 Å². The highest BCUT2D eigenvalue weighted by atomic mass is 28.4. The second kappa shape index (κ2) is 11.9. The molecule has 0 aliphatic carbocycles. The molecule has 6 nitrogen and oxygen atoms in total. The Morgan fingerprint density at radius 2 is 1.53 bits per heavy atom. The van der Waals surface area contributed by atoms with Gasteiger partial charge in [-0.15, -0.1) is 0 Å². The van der Waals surface area contributed by atoms with Crippen LogP contribution < -0.4 is 10.4 Å². The van der Waals surface area contributed by atoms with Gasteiger partial charge in [0.25, 0.3) is 8.32 Å². The predicted octanol–water partition coefficient (Wildman–Crippen LogP) is 4.34. The quantitative estimate of drug-likeness (QED) is 0.399. The van der Waals surface area contributed by atoms with Crippen LogP contribution >= 0.6 is 0 Å². The van der Waals surface area contributed by atoms with Gasteiger partial charge < -0.3 is 23.9 Å². The summed E-state index contributed by atoms with van der Waals surface area (Å²) >= 11 is 0. The lowest BCUT2D eigenvalue weighted by atomic mass is 10.2. The van der Waals surface area contributed by atoms with Gasteiger partial charge >= 0.3 is 6.09 Å². The maximum absolute atomic E-state index is 13.2. The number of amides is 1. The molecule has 36 heavy (non-hydrogen) atoms. The van der Waals surface area contributed by atoms with E-state index in [2.05, 4.69) is 69.3 Å². The van der Waals surface area contributed by atoms with Gasteiger partial charge in [-0.3, -0.25) is 0 Å². The summed E-state index contributed by atoms with van der Waals surface area (Å²) in [6.45, 7) is 13.8. The molecule has 1 aliphatic rings. The third-order valence-electron chi connectivity index (χ3n) is 6.57. The molecule has 3 rings (SSSR count). The van der Waals surface area contributed by atoms with Crippen LogP contribution in [0.2, 0.25) is 5.04 Å². The number of rotatable bonds is 9. The minimum atomic E-state index is -2.73. The van der Waals surface area contributed by atoms with Gasteiger partial charge in [0.1, 0.15) is 5.60 Å². The largest absolute Gasteiger partial charge is 0.444 e. The van der Waals surface area contributed by atoms with E-state index in [1.165, 1.54) is 10.4 Å². The lowest BCUT2D eigenvalue weighted by molar-refractivity contribution is 0.0131. The summed E-state index contributed by atoms with van der Waals surface area (Å²) in [7, 11) is -2.73. The Balaban J connectivity index is 1.93. The molecular formula is C29H43NO5Si. The molecule has 0 aromatic heterocycles. The Kier molecular flexibility index (Phi) is 9.38. The lowest BCUT2D eigenvalue weighted by Crippen LogP contribution is -2.67. The van der Waals surface area contributed by atoms with Crippen LogP contribution in [0.25, 0.3) is 0 Å². The summed E-state index contributed by atoms with van der Waals surface area (Å²) < 4.78 is 18.9. The molecule has 198 valence electrons. The van der Waals surface area contributed by atoms with Crippen molar-refractivity contribution in [2.75, 3.05) is 26.4 Å². The number of benzene rings is 2. The molecule has 0 bridgehead atoms. The third-order valence-corrected chi connectivity index (χ3v) is 11.6. The summed E-state index contributed by atoms with van der Waals surface area (Å²) in [6.07, 6.45) is 0.790. The van der Waals surface area contributed by atoms with Crippen molar-refractivity contribution in [1.29, 1.82) is 0 Å². The Hall–Kier alpha value is -2.19. The van der Waals surface area contributed by atoms with E-state index in [0.29, 0.717) is 32.6 Å². The van der Waals surface area contributed by atoms with E-state index in [-0.39, 0.29) is 29.9 Å². The van der Waals surface area contributed by atoms with Crippen molar-refractivity contribution in [3.05, 3.63) is 60.7 Å². The first-order valence-corrected chi connectivity index (χ1v) is 14.9. The van der Waals surface area contributed by atoms with Gasteiger partial charge in [0.2, 0.25) is 0 Å². The molecule has 2 aromatic rings. The number of aliphatic hydroxyl groups is 1. The first-order valence-electron chi connectivity index (χ1n) is 12.9. The van der Waals surface area contributed by atoms with Gasteiger partial charge in [0.15, 0.2) is 0 Å². The van der Waals surface area contributed by atoms with Gasteiger partial charge in [-0.2, -0.15) is 0 Å². The maximum Gasteiger partial charge on any atom is 0.410 e. The smallest absolute Gasteiger partial charge is 0.410 e. The molecule has 2 atom stereocenters. The number of carbonyl (C=O) groups is 1. The molecule has 0 spiro atoms. The van der Waals surface area contributed by atoms with E-state index < -0.39 is 13.9 Å². The standard InChI is InChI=1S/C29H43NO5Si/c1-28(2,3)35-27(32)30-21-24(33-19-13-18-31)20-23(30)22-34-36(29(4,5)6,25-14-9-7-10-15-25)26-16-11-8-12-17-26/h7-12,14-17,23-24,31H,13,18-22H2,1-6H3/t23-,24-/m0/s1. The molecule has 7 heteroatoms. The maximum atomic E-state index is 13.2. The molecule has 1 amide bonds. The Morgan fingerprint density at radius 3 is 2.00 bits per heavy atom. The topological polar surface area (TPSA) is 68.2 Å². The fourth-order valence-corrected chi connectivity index (χ4v) is 9.59. The number of nitrogens with zero attached hydrogens (tertiary/aromatic N) is 1. The van der Waals surface area contributed by atoms with Crippen LogP contribution in [-0.4, -0.2) is 68.5 Å². The lowest BCUT2D eigenvalue weighted by Gasteiger charge is -2.44. The number of likely N-dealkylation sites (tertiary alicyclic amines) is 1. The minimum absolute atomic E-state index is 0.0862. The number of hydrogen-bond acceptors (Lipinski definition) is 5. The van der Waals surface area contributed by atoms with Crippen LogP contribution in [-0.2, 0) is 13.9 Å². The van der Waals surface area contributed by atoms with Crippen LogP contribution in [0.3, 0.4) is 0 Å². The van der Waals surface area contributed by atoms with Crippen LogP contribution in [0.1, 0.15) is 54.4 Å². The molecule has 1 fully saturated rings. The van der Waals surface area contributed by atoms with Crippen molar-refractivity contribution >= 4 is 24.8 Å². The van der Waals surface area contributed by atoms with Crippen LogP contribution in [0.15, 0.2) is 60.7 Å². The predicted molar refractivity (Wildman–Crippen MR) is 146 cm³/mol. The molecule has 0 unspecified atom stereocenters. The Morgan fingerprint density at radius 1 is 0.972 bits per heavy atom. The van der Waals surface area contributed by atoms with Crippen molar-refractivity contribution in [2.24, 2.45) is 0 Å². The van der Waals surface area contributed by atoms with Crippen LogP contribution in [0.4, 0.5) is 4.79 Å². The van der Waals surface area contributed by atoms with E-state index in [1.807, 2.05) is 32.9 Å². The van der Waals surface area contributed by atoms with E-state index in [1.54, 1.807) is 4.90 Å². The van der Waals surface area contributed by atoms with Crippen molar-refractivity contribution in [2.45, 2.75) is 77.2 Å².